The van der Waals surface area contributed by atoms with Gasteiger partial charge in [-0.3, -0.25) is 4.99 Å². The van der Waals surface area contributed by atoms with E-state index in [1.807, 2.05) is 42.5 Å². The Morgan fingerprint density at radius 2 is 1.80 bits per heavy atom. The molecule has 104 valence electrons. The van der Waals surface area contributed by atoms with E-state index in [0.29, 0.717) is 19.0 Å². The normalized spacial score (nSPS) is 11.4. The zero-order valence-electron chi connectivity index (χ0n) is 11.5. The molecule has 0 aromatic heterocycles. The van der Waals surface area contributed by atoms with Crippen molar-refractivity contribution < 1.29 is 4.74 Å². The lowest BCUT2D eigenvalue weighted by Gasteiger charge is -2.08. The lowest BCUT2D eigenvalue weighted by atomic mass is 10.1. The maximum absolute atomic E-state index is 5.74. The fourth-order valence-corrected chi connectivity index (χ4v) is 1.86. The molecule has 0 aliphatic rings. The predicted octanol–water partition coefficient (Wildman–Crippen LogP) is 2.06. The van der Waals surface area contributed by atoms with Gasteiger partial charge in [0.05, 0.1) is 0 Å². The van der Waals surface area contributed by atoms with Crippen LogP contribution in [0.3, 0.4) is 0 Å². The summed E-state index contributed by atoms with van der Waals surface area (Å²) in [6.07, 6.45) is 0. The molecule has 0 radical (unpaired) electrons. The van der Waals surface area contributed by atoms with E-state index in [1.165, 1.54) is 0 Å². The standard InChI is InChI=1S/C16H19N3O/c1-19-16(18)14-5-7-15(8-6-14)20-11-13-4-2-3-12(9-13)10-17/h2-9H,10-11,17H2,1H3,(H2,18,19). The Balaban J connectivity index is 2.00. The Kier molecular flexibility index (Phi) is 4.74. The van der Waals surface area contributed by atoms with Crippen LogP contribution in [0.4, 0.5) is 0 Å². The van der Waals surface area contributed by atoms with E-state index in [4.69, 9.17) is 16.2 Å². The third-order valence-electron chi connectivity index (χ3n) is 3.02. The van der Waals surface area contributed by atoms with Gasteiger partial charge >= 0.3 is 0 Å². The lowest BCUT2D eigenvalue weighted by Crippen LogP contribution is -2.12. The summed E-state index contributed by atoms with van der Waals surface area (Å²) in [5.41, 5.74) is 14.5. The molecule has 2 rings (SSSR count). The van der Waals surface area contributed by atoms with Crippen molar-refractivity contribution >= 4 is 5.84 Å². The van der Waals surface area contributed by atoms with Gasteiger partial charge in [-0.15, -0.1) is 0 Å². The van der Waals surface area contributed by atoms with E-state index >= 15 is 0 Å². The van der Waals surface area contributed by atoms with Gasteiger partial charge in [0.15, 0.2) is 0 Å². The highest BCUT2D eigenvalue weighted by Gasteiger charge is 2.00. The van der Waals surface area contributed by atoms with E-state index in [2.05, 4.69) is 11.1 Å². The zero-order chi connectivity index (χ0) is 14.4. The molecule has 4 N–H and O–H groups in total. The highest BCUT2D eigenvalue weighted by Crippen LogP contribution is 2.14. The topological polar surface area (TPSA) is 73.6 Å². The highest BCUT2D eigenvalue weighted by molar-refractivity contribution is 5.97. The fourth-order valence-electron chi connectivity index (χ4n) is 1.86. The van der Waals surface area contributed by atoms with Gasteiger partial charge in [-0.25, -0.2) is 0 Å². The second kappa shape index (κ2) is 6.73. The van der Waals surface area contributed by atoms with E-state index in [0.717, 1.165) is 22.4 Å². The number of nitrogens with two attached hydrogens (primary N) is 2. The summed E-state index contributed by atoms with van der Waals surface area (Å²) < 4.78 is 5.74. The van der Waals surface area contributed by atoms with Gasteiger partial charge in [-0.1, -0.05) is 24.3 Å². The van der Waals surface area contributed by atoms with Crippen molar-refractivity contribution in [3.8, 4) is 5.75 Å². The maximum Gasteiger partial charge on any atom is 0.125 e. The van der Waals surface area contributed by atoms with E-state index in [1.54, 1.807) is 7.05 Å². The van der Waals surface area contributed by atoms with E-state index in [9.17, 15) is 0 Å². The van der Waals surface area contributed by atoms with Gasteiger partial charge in [0.1, 0.15) is 18.2 Å². The van der Waals surface area contributed by atoms with Crippen LogP contribution in [0, 0.1) is 0 Å². The minimum absolute atomic E-state index is 0.518. The van der Waals surface area contributed by atoms with Crippen LogP contribution in [0.2, 0.25) is 0 Å². The molecule has 0 saturated carbocycles. The number of hydrogen-bond donors (Lipinski definition) is 2. The first-order valence-electron chi connectivity index (χ1n) is 6.46. The quantitative estimate of drug-likeness (QED) is 0.644. The van der Waals surface area contributed by atoms with Crippen LogP contribution in [0.15, 0.2) is 53.5 Å². The van der Waals surface area contributed by atoms with Crippen LogP contribution >= 0.6 is 0 Å². The summed E-state index contributed by atoms with van der Waals surface area (Å²) >= 11 is 0. The smallest absolute Gasteiger partial charge is 0.125 e. The molecule has 2 aromatic carbocycles. The van der Waals surface area contributed by atoms with Gasteiger partial charge in [-0.2, -0.15) is 0 Å². The summed E-state index contributed by atoms with van der Waals surface area (Å²) in [5, 5.41) is 0. The third kappa shape index (κ3) is 3.59. The average molecular weight is 269 g/mol. The molecule has 0 atom stereocenters. The molecular formula is C16H19N3O. The second-order valence-corrected chi connectivity index (χ2v) is 4.45. The maximum atomic E-state index is 5.74. The van der Waals surface area contributed by atoms with Crippen LogP contribution < -0.4 is 16.2 Å². The monoisotopic (exact) mass is 269 g/mol. The summed E-state index contributed by atoms with van der Waals surface area (Å²) in [5.74, 6) is 1.32. The predicted molar refractivity (Wildman–Crippen MR) is 81.8 cm³/mol. The molecule has 0 aliphatic carbocycles. The zero-order valence-corrected chi connectivity index (χ0v) is 11.5. The van der Waals surface area contributed by atoms with Crippen molar-refractivity contribution in [1.29, 1.82) is 0 Å². The van der Waals surface area contributed by atoms with Crippen LogP contribution in [0.1, 0.15) is 16.7 Å². The van der Waals surface area contributed by atoms with Gasteiger partial charge in [0.2, 0.25) is 0 Å². The van der Waals surface area contributed by atoms with Gasteiger partial charge in [0, 0.05) is 19.2 Å². The number of amidine groups is 1. The second-order valence-electron chi connectivity index (χ2n) is 4.45. The van der Waals surface area contributed by atoms with Crippen LogP contribution in [0.5, 0.6) is 5.75 Å². The first kappa shape index (κ1) is 14.1. The number of ether oxygens (including phenoxy) is 1. The van der Waals surface area contributed by atoms with E-state index in [-0.39, 0.29) is 0 Å². The molecule has 0 saturated heterocycles. The Morgan fingerprint density at radius 1 is 1.10 bits per heavy atom. The first-order chi connectivity index (χ1) is 9.72. The minimum atomic E-state index is 0.518. The molecule has 0 amide bonds. The van der Waals surface area contributed by atoms with Gasteiger partial charge in [0.25, 0.3) is 0 Å². The Bertz CT molecular complexity index is 591. The Morgan fingerprint density at radius 3 is 2.45 bits per heavy atom. The lowest BCUT2D eigenvalue weighted by molar-refractivity contribution is 0.306. The average Bonchev–Trinajstić information content (AvgIpc) is 2.53. The first-order valence-corrected chi connectivity index (χ1v) is 6.46. The summed E-state index contributed by atoms with van der Waals surface area (Å²) in [7, 11) is 1.67. The van der Waals surface area contributed by atoms with Crippen molar-refractivity contribution in [2.24, 2.45) is 16.5 Å². The summed E-state index contributed by atoms with van der Waals surface area (Å²) in [6, 6.07) is 15.6. The van der Waals surface area contributed by atoms with Crippen LogP contribution in [0.25, 0.3) is 0 Å². The van der Waals surface area contributed by atoms with Crippen LogP contribution in [-0.2, 0) is 13.2 Å². The molecule has 2 aromatic rings. The number of nitrogens with zero attached hydrogens (tertiary/aromatic N) is 1. The molecule has 0 fully saturated rings. The Hall–Kier alpha value is -2.33. The van der Waals surface area contributed by atoms with Gasteiger partial charge in [-0.05, 0) is 35.4 Å². The Labute approximate surface area is 119 Å². The number of rotatable bonds is 5. The van der Waals surface area contributed by atoms with Crippen molar-refractivity contribution in [3.63, 3.8) is 0 Å². The number of hydrogen-bond acceptors (Lipinski definition) is 3. The van der Waals surface area contributed by atoms with Crippen molar-refractivity contribution in [3.05, 3.63) is 65.2 Å². The van der Waals surface area contributed by atoms with E-state index < -0.39 is 0 Å². The number of aliphatic imine (C=N–C) groups is 1. The third-order valence-corrected chi connectivity index (χ3v) is 3.02. The SMILES string of the molecule is CN=C(N)c1ccc(OCc2cccc(CN)c2)cc1. The van der Waals surface area contributed by atoms with Crippen molar-refractivity contribution in [2.75, 3.05) is 7.05 Å². The molecule has 20 heavy (non-hydrogen) atoms. The molecule has 4 heteroatoms. The summed E-state index contributed by atoms with van der Waals surface area (Å²) in [4.78, 5) is 3.94. The van der Waals surface area contributed by atoms with Crippen molar-refractivity contribution in [1.82, 2.24) is 0 Å². The van der Waals surface area contributed by atoms with Gasteiger partial charge < -0.3 is 16.2 Å². The molecule has 0 aliphatic heterocycles. The fraction of sp³-hybridized carbons (Fsp3) is 0.188. The summed E-state index contributed by atoms with van der Waals surface area (Å²) in [6.45, 7) is 1.06. The molecular weight excluding hydrogens is 250 g/mol. The number of benzene rings is 2. The molecule has 0 heterocycles. The van der Waals surface area contributed by atoms with Crippen LogP contribution in [-0.4, -0.2) is 12.9 Å². The molecule has 0 unspecified atom stereocenters. The highest BCUT2D eigenvalue weighted by atomic mass is 16.5. The molecule has 0 spiro atoms. The van der Waals surface area contributed by atoms with Crippen molar-refractivity contribution in [2.45, 2.75) is 13.2 Å². The largest absolute Gasteiger partial charge is 0.489 e. The minimum Gasteiger partial charge on any atom is -0.489 e. The molecule has 0 bridgehead atoms. The molecule has 4 nitrogen and oxygen atoms in total.